The Balaban J connectivity index is 1.68. The Kier molecular flexibility index (Phi) is 6.02. The van der Waals surface area contributed by atoms with Gasteiger partial charge in [-0.25, -0.2) is 4.52 Å². The van der Waals surface area contributed by atoms with Crippen LogP contribution in [0, 0.1) is 20.8 Å². The maximum atomic E-state index is 13.2. The summed E-state index contributed by atoms with van der Waals surface area (Å²) in [6.45, 7) is 5.36. The number of aryl methyl sites for hydroxylation is 3. The van der Waals surface area contributed by atoms with E-state index in [2.05, 4.69) is 10.4 Å². The van der Waals surface area contributed by atoms with Crippen LogP contribution in [0.15, 0.2) is 53.6 Å². The standard InChI is InChI=1S/C25H26N4O4/c1-15-11-16(2)22(17(3)12-15)26-21(31)13-28-9-10-29-24(25(28)32)20(14-30)23(27-29)18-5-7-19(33-4)8-6-18/h5-12,30H,13-14H2,1-4H3,(H,26,31). The third kappa shape index (κ3) is 4.25. The number of anilines is 1. The minimum absolute atomic E-state index is 0.157. The van der Waals surface area contributed by atoms with E-state index in [-0.39, 0.29) is 24.6 Å². The Morgan fingerprint density at radius 3 is 2.36 bits per heavy atom. The molecule has 4 rings (SSSR count). The van der Waals surface area contributed by atoms with Gasteiger partial charge in [-0.15, -0.1) is 0 Å². The van der Waals surface area contributed by atoms with Crippen molar-refractivity contribution >= 4 is 17.1 Å². The first-order valence-corrected chi connectivity index (χ1v) is 10.6. The monoisotopic (exact) mass is 446 g/mol. The molecule has 0 aliphatic rings. The smallest absolute Gasteiger partial charge is 0.277 e. The number of aliphatic hydroxyl groups excluding tert-OH is 1. The summed E-state index contributed by atoms with van der Waals surface area (Å²) in [6, 6.07) is 11.2. The summed E-state index contributed by atoms with van der Waals surface area (Å²) < 4.78 is 7.95. The molecule has 1 amide bonds. The molecule has 0 radical (unpaired) electrons. The van der Waals surface area contributed by atoms with E-state index in [4.69, 9.17) is 4.74 Å². The number of fused-ring (bicyclic) bond motifs is 1. The second-order valence-corrected chi connectivity index (χ2v) is 8.06. The van der Waals surface area contributed by atoms with Crippen LogP contribution in [0.1, 0.15) is 22.3 Å². The fourth-order valence-electron chi connectivity index (χ4n) is 4.12. The zero-order chi connectivity index (χ0) is 23.7. The third-order valence-electron chi connectivity index (χ3n) is 5.64. The largest absolute Gasteiger partial charge is 0.497 e. The normalized spacial score (nSPS) is 11.1. The van der Waals surface area contributed by atoms with Crippen molar-refractivity contribution < 1.29 is 14.6 Å². The molecule has 0 unspecified atom stereocenters. The summed E-state index contributed by atoms with van der Waals surface area (Å²) in [6.07, 6.45) is 3.13. The van der Waals surface area contributed by atoms with Crippen molar-refractivity contribution in [3.05, 3.63) is 81.4 Å². The Morgan fingerprint density at radius 2 is 1.76 bits per heavy atom. The number of hydrogen-bond donors (Lipinski definition) is 2. The molecule has 0 fully saturated rings. The maximum absolute atomic E-state index is 13.2. The number of aromatic nitrogens is 3. The number of methoxy groups -OCH3 is 1. The SMILES string of the molecule is COc1ccc(-c2nn3ccn(CC(=O)Nc4c(C)cc(C)cc4C)c(=O)c3c2CO)cc1. The summed E-state index contributed by atoms with van der Waals surface area (Å²) in [7, 11) is 1.58. The highest BCUT2D eigenvalue weighted by Crippen LogP contribution is 2.27. The number of ether oxygens (including phenoxy) is 1. The minimum atomic E-state index is -0.402. The number of amides is 1. The molecule has 0 aliphatic carbocycles. The molecule has 170 valence electrons. The van der Waals surface area contributed by atoms with Gasteiger partial charge in [0.15, 0.2) is 0 Å². The van der Waals surface area contributed by atoms with Gasteiger partial charge in [0.25, 0.3) is 5.56 Å². The van der Waals surface area contributed by atoms with Crippen LogP contribution in [0.2, 0.25) is 0 Å². The van der Waals surface area contributed by atoms with Gasteiger partial charge in [-0.1, -0.05) is 17.7 Å². The number of rotatable bonds is 6. The first kappa shape index (κ1) is 22.3. The molecule has 2 aromatic heterocycles. The predicted molar refractivity (Wildman–Crippen MR) is 127 cm³/mol. The molecule has 4 aromatic rings. The summed E-state index contributed by atoms with van der Waals surface area (Å²) in [4.78, 5) is 26.0. The highest BCUT2D eigenvalue weighted by Gasteiger charge is 2.19. The molecular weight excluding hydrogens is 420 g/mol. The topological polar surface area (TPSA) is 97.9 Å². The Labute approximate surface area is 191 Å². The van der Waals surface area contributed by atoms with Crippen molar-refractivity contribution in [1.29, 1.82) is 0 Å². The maximum Gasteiger partial charge on any atom is 0.277 e. The van der Waals surface area contributed by atoms with Gasteiger partial charge in [0, 0.05) is 29.2 Å². The summed E-state index contributed by atoms with van der Waals surface area (Å²) >= 11 is 0. The third-order valence-corrected chi connectivity index (χ3v) is 5.64. The average molecular weight is 447 g/mol. The van der Waals surface area contributed by atoms with Gasteiger partial charge in [0.05, 0.1) is 19.4 Å². The van der Waals surface area contributed by atoms with Gasteiger partial charge in [0.1, 0.15) is 17.8 Å². The molecule has 0 bridgehead atoms. The minimum Gasteiger partial charge on any atom is -0.497 e. The van der Waals surface area contributed by atoms with Crippen LogP contribution in [-0.2, 0) is 17.9 Å². The number of benzene rings is 2. The van der Waals surface area contributed by atoms with Crippen LogP contribution in [0.25, 0.3) is 16.8 Å². The van der Waals surface area contributed by atoms with Gasteiger partial charge < -0.3 is 19.7 Å². The van der Waals surface area contributed by atoms with Crippen molar-refractivity contribution in [2.75, 3.05) is 12.4 Å². The van der Waals surface area contributed by atoms with E-state index < -0.39 is 5.56 Å². The Hall–Kier alpha value is -3.91. The lowest BCUT2D eigenvalue weighted by Gasteiger charge is -2.13. The molecule has 0 saturated heterocycles. The molecule has 8 nitrogen and oxygen atoms in total. The molecule has 2 heterocycles. The van der Waals surface area contributed by atoms with Crippen molar-refractivity contribution in [2.45, 2.75) is 33.9 Å². The average Bonchev–Trinajstić information content (AvgIpc) is 3.17. The van der Waals surface area contributed by atoms with Gasteiger partial charge >= 0.3 is 0 Å². The summed E-state index contributed by atoms with van der Waals surface area (Å²) in [5, 5.41) is 17.4. The number of aliphatic hydroxyl groups is 1. The lowest BCUT2D eigenvalue weighted by atomic mass is 10.1. The number of carbonyl (C=O) groups excluding carboxylic acids is 1. The lowest BCUT2D eigenvalue weighted by molar-refractivity contribution is -0.116. The molecule has 2 N–H and O–H groups in total. The van der Waals surface area contributed by atoms with Crippen LogP contribution in [0.5, 0.6) is 5.75 Å². The predicted octanol–water partition coefficient (Wildman–Crippen LogP) is 3.23. The van der Waals surface area contributed by atoms with Crippen LogP contribution in [-0.4, -0.2) is 32.3 Å². The van der Waals surface area contributed by atoms with E-state index >= 15 is 0 Å². The van der Waals surface area contributed by atoms with Crippen molar-refractivity contribution in [1.82, 2.24) is 14.2 Å². The molecule has 33 heavy (non-hydrogen) atoms. The fraction of sp³-hybridized carbons (Fsp3) is 0.240. The quantitative estimate of drug-likeness (QED) is 0.474. The highest BCUT2D eigenvalue weighted by molar-refractivity contribution is 5.92. The molecular formula is C25H26N4O4. The highest BCUT2D eigenvalue weighted by atomic mass is 16.5. The number of nitrogens with zero attached hydrogens (tertiary/aromatic N) is 3. The molecule has 0 aliphatic heterocycles. The van der Waals surface area contributed by atoms with Gasteiger partial charge in [0.2, 0.25) is 5.91 Å². The van der Waals surface area contributed by atoms with Crippen LogP contribution < -0.4 is 15.6 Å². The van der Waals surface area contributed by atoms with E-state index in [1.807, 2.05) is 45.0 Å². The first-order chi connectivity index (χ1) is 15.8. The number of carbonyl (C=O) groups is 1. The van der Waals surface area contributed by atoms with E-state index in [0.29, 0.717) is 17.0 Å². The second kappa shape index (κ2) is 8.91. The van der Waals surface area contributed by atoms with Gasteiger partial charge in [-0.05, 0) is 56.2 Å². The number of hydrogen-bond acceptors (Lipinski definition) is 5. The van der Waals surface area contributed by atoms with Crippen LogP contribution in [0.4, 0.5) is 5.69 Å². The van der Waals surface area contributed by atoms with Crippen LogP contribution in [0.3, 0.4) is 0 Å². The zero-order valence-corrected chi connectivity index (χ0v) is 19.0. The fourth-order valence-corrected chi connectivity index (χ4v) is 4.12. The van der Waals surface area contributed by atoms with Crippen molar-refractivity contribution in [3.8, 4) is 17.0 Å². The van der Waals surface area contributed by atoms with Gasteiger partial charge in [-0.2, -0.15) is 5.10 Å². The Bertz CT molecular complexity index is 1380. The molecule has 0 saturated carbocycles. The molecule has 0 spiro atoms. The lowest BCUT2D eigenvalue weighted by Crippen LogP contribution is -2.29. The second-order valence-electron chi connectivity index (χ2n) is 8.06. The van der Waals surface area contributed by atoms with E-state index in [1.54, 1.807) is 25.4 Å². The molecule has 8 heteroatoms. The van der Waals surface area contributed by atoms with E-state index in [0.717, 1.165) is 27.9 Å². The zero-order valence-electron chi connectivity index (χ0n) is 19.0. The summed E-state index contributed by atoms with van der Waals surface area (Å²) in [5.41, 5.74) is 5.30. The van der Waals surface area contributed by atoms with Crippen LogP contribution >= 0.6 is 0 Å². The van der Waals surface area contributed by atoms with Gasteiger partial charge in [-0.3, -0.25) is 9.59 Å². The van der Waals surface area contributed by atoms with E-state index in [9.17, 15) is 14.7 Å². The van der Waals surface area contributed by atoms with Crippen molar-refractivity contribution in [2.24, 2.45) is 0 Å². The molecule has 0 atom stereocenters. The Morgan fingerprint density at radius 1 is 1.09 bits per heavy atom. The van der Waals surface area contributed by atoms with E-state index in [1.165, 1.54) is 15.3 Å². The molecule has 2 aromatic carbocycles. The number of nitrogens with one attached hydrogen (secondary N) is 1. The first-order valence-electron chi connectivity index (χ1n) is 10.6. The van der Waals surface area contributed by atoms with Crippen molar-refractivity contribution in [3.63, 3.8) is 0 Å². The summed E-state index contributed by atoms with van der Waals surface area (Å²) in [5.74, 6) is 0.387.